The van der Waals surface area contributed by atoms with E-state index in [1.54, 1.807) is 16.7 Å². The fourth-order valence-electron chi connectivity index (χ4n) is 3.77. The minimum Gasteiger partial charge on any atom is -0.501 e. The van der Waals surface area contributed by atoms with Gasteiger partial charge in [-0.1, -0.05) is 35.5 Å². The van der Waals surface area contributed by atoms with Crippen molar-refractivity contribution in [2.45, 2.75) is 23.9 Å². The van der Waals surface area contributed by atoms with Gasteiger partial charge in [-0.15, -0.1) is 0 Å². The Bertz CT molecular complexity index is 1420. The molecule has 1 heterocycles. The third kappa shape index (κ3) is 6.01. The second kappa shape index (κ2) is 12.4. The van der Waals surface area contributed by atoms with Gasteiger partial charge in [0.15, 0.2) is 16.7 Å². The van der Waals surface area contributed by atoms with Gasteiger partial charge in [0.2, 0.25) is 0 Å². The molecular formula is C28H24ClF3N2O3S. The predicted octanol–water partition coefficient (Wildman–Crippen LogP) is 7.33. The molecule has 3 aromatic carbocycles. The molecule has 5 nitrogen and oxygen atoms in total. The Morgan fingerprint density at radius 3 is 2.53 bits per heavy atom. The summed E-state index contributed by atoms with van der Waals surface area (Å²) in [4.78, 5) is 4.70. The molecule has 0 aliphatic heterocycles. The molecule has 0 radical (unpaired) electrons. The lowest BCUT2D eigenvalue weighted by molar-refractivity contribution is 0.211. The van der Waals surface area contributed by atoms with E-state index in [2.05, 4.69) is 0 Å². The molecule has 0 fully saturated rings. The van der Waals surface area contributed by atoms with E-state index in [1.807, 2.05) is 6.92 Å². The molecule has 0 spiro atoms. The van der Waals surface area contributed by atoms with Gasteiger partial charge in [0.1, 0.15) is 17.7 Å². The van der Waals surface area contributed by atoms with Crippen LogP contribution in [-0.2, 0) is 10.5 Å². The Hall–Kier alpha value is -3.40. The number of nitrogens with zero attached hydrogens (tertiary/aromatic N) is 2. The van der Waals surface area contributed by atoms with Gasteiger partial charge in [0.05, 0.1) is 31.4 Å². The lowest BCUT2D eigenvalue weighted by Crippen LogP contribution is -2.10. The molecule has 1 unspecified atom stereocenters. The van der Waals surface area contributed by atoms with E-state index in [9.17, 15) is 18.3 Å². The first-order valence-electron chi connectivity index (χ1n) is 11.6. The van der Waals surface area contributed by atoms with Crippen LogP contribution < -0.4 is 4.74 Å². The molecule has 1 N–H and O–H groups in total. The standard InChI is InChI=1S/C28H24ClF3N2O3S/c1-3-37-14-13-24-26(27(35)17-7-12-23(32)25(15-17)36-2)34(19-10-8-18(30)9-11-19)28(33-24)38-16-20-21(29)5-4-6-22(20)31/h4-15,27,35H,3,16H2,1-2H3/b14-13-. The highest BCUT2D eigenvalue weighted by molar-refractivity contribution is 7.98. The summed E-state index contributed by atoms with van der Waals surface area (Å²) in [7, 11) is 1.33. The Morgan fingerprint density at radius 1 is 1.08 bits per heavy atom. The monoisotopic (exact) mass is 560 g/mol. The minimum absolute atomic E-state index is 0.0374. The first kappa shape index (κ1) is 27.6. The summed E-state index contributed by atoms with van der Waals surface area (Å²) in [6.45, 7) is 2.23. The number of ether oxygens (including phenoxy) is 2. The maximum absolute atomic E-state index is 14.5. The number of rotatable bonds is 10. The summed E-state index contributed by atoms with van der Waals surface area (Å²) in [6.07, 6.45) is 1.74. The first-order chi connectivity index (χ1) is 18.3. The van der Waals surface area contributed by atoms with Crippen molar-refractivity contribution in [3.8, 4) is 11.4 Å². The zero-order valence-corrected chi connectivity index (χ0v) is 22.1. The smallest absolute Gasteiger partial charge is 0.173 e. The van der Waals surface area contributed by atoms with Gasteiger partial charge in [-0.05, 0) is 61.0 Å². The molecule has 0 amide bonds. The van der Waals surface area contributed by atoms with Crippen molar-refractivity contribution in [1.29, 1.82) is 0 Å². The van der Waals surface area contributed by atoms with Crippen molar-refractivity contribution in [1.82, 2.24) is 9.55 Å². The lowest BCUT2D eigenvalue weighted by Gasteiger charge is -2.18. The summed E-state index contributed by atoms with van der Waals surface area (Å²) in [6, 6.07) is 14.1. The molecule has 0 aliphatic carbocycles. The fraction of sp³-hybridized carbons (Fsp3) is 0.179. The number of aromatic nitrogens is 2. The highest BCUT2D eigenvalue weighted by atomic mass is 35.5. The molecule has 0 saturated heterocycles. The molecule has 0 bridgehead atoms. The number of imidazole rings is 1. The third-order valence-electron chi connectivity index (χ3n) is 5.64. The largest absolute Gasteiger partial charge is 0.501 e. The molecule has 10 heteroatoms. The molecule has 198 valence electrons. The van der Waals surface area contributed by atoms with Crippen LogP contribution in [0, 0.1) is 17.5 Å². The van der Waals surface area contributed by atoms with E-state index in [0.717, 1.165) is 0 Å². The van der Waals surface area contributed by atoms with E-state index < -0.39 is 23.6 Å². The average Bonchev–Trinajstić information content (AvgIpc) is 3.27. The summed E-state index contributed by atoms with van der Waals surface area (Å²) >= 11 is 7.42. The van der Waals surface area contributed by atoms with Crippen LogP contribution in [-0.4, -0.2) is 28.4 Å². The van der Waals surface area contributed by atoms with Crippen molar-refractivity contribution in [2.75, 3.05) is 13.7 Å². The van der Waals surface area contributed by atoms with Crippen LogP contribution in [0.1, 0.15) is 35.5 Å². The summed E-state index contributed by atoms with van der Waals surface area (Å²) < 4.78 is 54.5. The number of hydrogen-bond donors (Lipinski definition) is 1. The third-order valence-corrected chi connectivity index (χ3v) is 6.96. The zero-order valence-electron chi connectivity index (χ0n) is 20.5. The van der Waals surface area contributed by atoms with Crippen LogP contribution in [0.2, 0.25) is 5.02 Å². The second-order valence-electron chi connectivity index (χ2n) is 8.02. The maximum atomic E-state index is 14.5. The molecule has 1 atom stereocenters. The maximum Gasteiger partial charge on any atom is 0.173 e. The minimum atomic E-state index is -1.30. The molecule has 38 heavy (non-hydrogen) atoms. The van der Waals surface area contributed by atoms with Gasteiger partial charge in [-0.3, -0.25) is 4.57 Å². The number of benzene rings is 3. The van der Waals surface area contributed by atoms with Crippen LogP contribution >= 0.6 is 23.4 Å². The van der Waals surface area contributed by atoms with Crippen molar-refractivity contribution in [3.63, 3.8) is 0 Å². The van der Waals surface area contributed by atoms with E-state index in [-0.39, 0.29) is 16.5 Å². The highest BCUT2D eigenvalue weighted by Crippen LogP contribution is 2.37. The average molecular weight is 561 g/mol. The SMILES string of the molecule is CCO/C=C\c1nc(SCc2c(F)cccc2Cl)n(-c2ccc(F)cc2)c1C(O)c1ccc(F)c(OC)c1. The Labute approximate surface area is 227 Å². The van der Waals surface area contributed by atoms with E-state index in [4.69, 9.17) is 26.1 Å². The molecule has 0 aliphatic rings. The van der Waals surface area contributed by atoms with Crippen LogP contribution in [0.4, 0.5) is 13.2 Å². The van der Waals surface area contributed by atoms with Gasteiger partial charge in [0.25, 0.3) is 0 Å². The van der Waals surface area contributed by atoms with Gasteiger partial charge in [-0.25, -0.2) is 18.2 Å². The summed E-state index contributed by atoms with van der Waals surface area (Å²) in [5.74, 6) is -1.38. The Morgan fingerprint density at radius 2 is 1.84 bits per heavy atom. The lowest BCUT2D eigenvalue weighted by atomic mass is 10.0. The normalized spacial score (nSPS) is 12.2. The number of thioether (sulfide) groups is 1. The van der Waals surface area contributed by atoms with Crippen molar-refractivity contribution >= 4 is 29.4 Å². The number of halogens is 4. The van der Waals surface area contributed by atoms with Crippen LogP contribution in [0.3, 0.4) is 0 Å². The van der Waals surface area contributed by atoms with Gasteiger partial charge in [0, 0.05) is 28.1 Å². The van der Waals surface area contributed by atoms with Gasteiger partial charge >= 0.3 is 0 Å². The van der Waals surface area contributed by atoms with Gasteiger partial charge < -0.3 is 14.6 Å². The van der Waals surface area contributed by atoms with Crippen LogP contribution in [0.15, 0.2) is 72.1 Å². The molecule has 4 aromatic rings. The quantitative estimate of drug-likeness (QED) is 0.162. The zero-order chi connectivity index (χ0) is 27.2. The molecule has 4 rings (SSSR count). The van der Waals surface area contributed by atoms with E-state index in [1.165, 1.54) is 79.7 Å². The van der Waals surface area contributed by atoms with Crippen LogP contribution in [0.25, 0.3) is 11.8 Å². The van der Waals surface area contributed by atoms with E-state index >= 15 is 0 Å². The van der Waals surface area contributed by atoms with E-state index in [0.29, 0.717) is 40.0 Å². The highest BCUT2D eigenvalue weighted by Gasteiger charge is 2.26. The van der Waals surface area contributed by atoms with Crippen LogP contribution in [0.5, 0.6) is 5.75 Å². The summed E-state index contributed by atoms with van der Waals surface area (Å²) in [5, 5.41) is 12.2. The van der Waals surface area contributed by atoms with Crippen molar-refractivity contribution in [2.24, 2.45) is 0 Å². The second-order valence-corrected chi connectivity index (χ2v) is 9.37. The van der Waals surface area contributed by atoms with Crippen molar-refractivity contribution in [3.05, 3.63) is 112 Å². The number of methoxy groups -OCH3 is 1. The summed E-state index contributed by atoms with van der Waals surface area (Å²) in [5.41, 5.74) is 1.79. The molecule has 1 aromatic heterocycles. The fourth-order valence-corrected chi connectivity index (χ4v) is 5.14. The number of aliphatic hydroxyl groups is 1. The Balaban J connectivity index is 1.88. The topological polar surface area (TPSA) is 56.5 Å². The van der Waals surface area contributed by atoms with Gasteiger partial charge in [-0.2, -0.15) is 0 Å². The number of aliphatic hydroxyl groups excluding tert-OH is 1. The Kier molecular flexibility index (Phi) is 9.04. The first-order valence-corrected chi connectivity index (χ1v) is 12.9. The predicted molar refractivity (Wildman–Crippen MR) is 142 cm³/mol. The molecule has 0 saturated carbocycles. The molecular weight excluding hydrogens is 537 g/mol. The van der Waals surface area contributed by atoms with Crippen molar-refractivity contribution < 1.29 is 27.8 Å². The number of hydrogen-bond acceptors (Lipinski definition) is 5.